The van der Waals surface area contributed by atoms with E-state index in [-0.39, 0.29) is 5.54 Å². The van der Waals surface area contributed by atoms with Crippen LogP contribution in [0.2, 0.25) is 0 Å². The first-order valence-corrected chi connectivity index (χ1v) is 6.76. The van der Waals surface area contributed by atoms with E-state index in [2.05, 4.69) is 24.1 Å². The van der Waals surface area contributed by atoms with Gasteiger partial charge in [0.25, 0.3) is 0 Å². The highest BCUT2D eigenvalue weighted by Gasteiger charge is 2.43. The number of amides is 1. The van der Waals surface area contributed by atoms with E-state index in [0.29, 0.717) is 5.91 Å². The van der Waals surface area contributed by atoms with Crippen LogP contribution in [-0.4, -0.2) is 36.0 Å². The van der Waals surface area contributed by atoms with Crippen LogP contribution in [0.1, 0.15) is 46.0 Å². The molecule has 2 aliphatic heterocycles. The lowest BCUT2D eigenvalue weighted by Crippen LogP contribution is -2.54. The van der Waals surface area contributed by atoms with E-state index in [1.54, 1.807) is 0 Å². The first kappa shape index (κ1) is 11.9. The largest absolute Gasteiger partial charge is 0.341 e. The first-order valence-electron chi connectivity index (χ1n) is 6.76. The molecule has 0 bridgehead atoms. The molecule has 1 amide bonds. The summed E-state index contributed by atoms with van der Waals surface area (Å²) in [7, 11) is 0. The maximum atomic E-state index is 12.5. The minimum absolute atomic E-state index is 0.220. The molecule has 2 unspecified atom stereocenters. The zero-order valence-corrected chi connectivity index (χ0v) is 10.6. The Morgan fingerprint density at radius 2 is 2.31 bits per heavy atom. The van der Waals surface area contributed by atoms with Crippen LogP contribution in [0.3, 0.4) is 0 Å². The summed E-state index contributed by atoms with van der Waals surface area (Å²) in [5.74, 6) is 1.10. The average molecular weight is 224 g/mol. The van der Waals surface area contributed by atoms with Crippen LogP contribution in [0.25, 0.3) is 0 Å². The molecule has 2 atom stereocenters. The monoisotopic (exact) mass is 224 g/mol. The fourth-order valence-corrected chi connectivity index (χ4v) is 3.09. The molecule has 92 valence electrons. The molecule has 0 aromatic heterocycles. The fourth-order valence-electron chi connectivity index (χ4n) is 3.09. The van der Waals surface area contributed by atoms with Crippen molar-refractivity contribution < 1.29 is 4.79 Å². The second kappa shape index (κ2) is 4.74. The van der Waals surface area contributed by atoms with Crippen LogP contribution in [-0.2, 0) is 4.79 Å². The van der Waals surface area contributed by atoms with E-state index < -0.39 is 0 Å². The predicted molar refractivity (Wildman–Crippen MR) is 65.2 cm³/mol. The number of nitrogens with one attached hydrogen (secondary N) is 1. The summed E-state index contributed by atoms with van der Waals surface area (Å²) in [6.07, 6.45) is 5.50. The van der Waals surface area contributed by atoms with Gasteiger partial charge in [-0.15, -0.1) is 0 Å². The third kappa shape index (κ3) is 1.97. The Kier molecular flexibility index (Phi) is 3.53. The molecule has 0 aromatic carbocycles. The standard InChI is InChI=1S/C13H24N2O/c1-3-11-6-9-15(10-11)12(16)13(4-2)7-5-8-14-13/h11,14H,3-10H2,1-2H3. The molecule has 2 aliphatic rings. The van der Waals surface area contributed by atoms with Crippen molar-refractivity contribution in [3.05, 3.63) is 0 Å². The molecule has 3 heteroatoms. The Labute approximate surface area is 98.6 Å². The number of carbonyl (C=O) groups excluding carboxylic acids is 1. The van der Waals surface area contributed by atoms with Gasteiger partial charge in [-0.1, -0.05) is 20.3 Å². The summed E-state index contributed by atoms with van der Waals surface area (Å²) in [6.45, 7) is 7.32. The van der Waals surface area contributed by atoms with Gasteiger partial charge >= 0.3 is 0 Å². The zero-order chi connectivity index (χ0) is 11.6. The second-order valence-corrected chi connectivity index (χ2v) is 5.28. The molecule has 0 aromatic rings. The van der Waals surface area contributed by atoms with E-state index in [1.807, 2.05) is 0 Å². The summed E-state index contributed by atoms with van der Waals surface area (Å²) in [4.78, 5) is 14.6. The van der Waals surface area contributed by atoms with Crippen LogP contribution in [0.5, 0.6) is 0 Å². The highest BCUT2D eigenvalue weighted by molar-refractivity contribution is 5.87. The van der Waals surface area contributed by atoms with Crippen LogP contribution in [0.15, 0.2) is 0 Å². The lowest BCUT2D eigenvalue weighted by atomic mass is 9.92. The highest BCUT2D eigenvalue weighted by Crippen LogP contribution is 2.29. The number of hydrogen-bond donors (Lipinski definition) is 1. The van der Waals surface area contributed by atoms with Crippen LogP contribution < -0.4 is 5.32 Å². The number of rotatable bonds is 3. The Balaban J connectivity index is 2.01. The van der Waals surface area contributed by atoms with Gasteiger partial charge in [-0.05, 0) is 38.1 Å². The molecular weight excluding hydrogens is 200 g/mol. The van der Waals surface area contributed by atoms with Gasteiger partial charge in [-0.3, -0.25) is 4.79 Å². The van der Waals surface area contributed by atoms with E-state index in [9.17, 15) is 4.79 Å². The van der Waals surface area contributed by atoms with Gasteiger partial charge in [-0.2, -0.15) is 0 Å². The molecule has 0 saturated carbocycles. The van der Waals surface area contributed by atoms with Gasteiger partial charge in [0.2, 0.25) is 5.91 Å². The van der Waals surface area contributed by atoms with Crippen molar-refractivity contribution >= 4 is 5.91 Å². The van der Waals surface area contributed by atoms with Gasteiger partial charge in [-0.25, -0.2) is 0 Å². The number of nitrogens with zero attached hydrogens (tertiary/aromatic N) is 1. The van der Waals surface area contributed by atoms with E-state index in [0.717, 1.165) is 44.8 Å². The molecule has 2 rings (SSSR count). The summed E-state index contributed by atoms with van der Waals surface area (Å²) in [6, 6.07) is 0. The summed E-state index contributed by atoms with van der Waals surface area (Å²) in [5, 5.41) is 3.44. The van der Waals surface area contributed by atoms with Crippen molar-refractivity contribution in [1.82, 2.24) is 10.2 Å². The van der Waals surface area contributed by atoms with Crippen LogP contribution in [0.4, 0.5) is 0 Å². The Hall–Kier alpha value is -0.570. The van der Waals surface area contributed by atoms with Crippen molar-refractivity contribution in [3.63, 3.8) is 0 Å². The van der Waals surface area contributed by atoms with Crippen molar-refractivity contribution in [2.45, 2.75) is 51.5 Å². The molecule has 0 radical (unpaired) electrons. The van der Waals surface area contributed by atoms with Gasteiger partial charge in [0.1, 0.15) is 0 Å². The van der Waals surface area contributed by atoms with Crippen LogP contribution in [0, 0.1) is 5.92 Å². The normalized spacial score (nSPS) is 34.6. The maximum absolute atomic E-state index is 12.5. The SMILES string of the molecule is CCC1CCN(C(=O)C2(CC)CCCN2)C1. The smallest absolute Gasteiger partial charge is 0.242 e. The Morgan fingerprint density at radius 1 is 1.50 bits per heavy atom. The van der Waals surface area contributed by atoms with E-state index >= 15 is 0 Å². The summed E-state index contributed by atoms with van der Waals surface area (Å²) < 4.78 is 0. The minimum Gasteiger partial charge on any atom is -0.341 e. The molecule has 2 saturated heterocycles. The van der Waals surface area contributed by atoms with Gasteiger partial charge in [0, 0.05) is 13.1 Å². The molecule has 16 heavy (non-hydrogen) atoms. The molecular formula is C13H24N2O. The number of likely N-dealkylation sites (tertiary alicyclic amines) is 1. The lowest BCUT2D eigenvalue weighted by molar-refractivity contribution is -0.137. The summed E-state index contributed by atoms with van der Waals surface area (Å²) >= 11 is 0. The third-order valence-electron chi connectivity index (χ3n) is 4.41. The topological polar surface area (TPSA) is 32.3 Å². The Morgan fingerprint density at radius 3 is 2.81 bits per heavy atom. The maximum Gasteiger partial charge on any atom is 0.242 e. The van der Waals surface area contributed by atoms with Crippen molar-refractivity contribution in [2.75, 3.05) is 19.6 Å². The molecule has 2 fully saturated rings. The fraction of sp³-hybridized carbons (Fsp3) is 0.923. The minimum atomic E-state index is -0.220. The molecule has 3 nitrogen and oxygen atoms in total. The second-order valence-electron chi connectivity index (χ2n) is 5.28. The summed E-state index contributed by atoms with van der Waals surface area (Å²) in [5.41, 5.74) is -0.220. The van der Waals surface area contributed by atoms with Gasteiger partial charge in [0.05, 0.1) is 5.54 Å². The number of carbonyl (C=O) groups is 1. The Bertz CT molecular complexity index is 259. The third-order valence-corrected chi connectivity index (χ3v) is 4.41. The van der Waals surface area contributed by atoms with Gasteiger partial charge in [0.15, 0.2) is 0 Å². The lowest BCUT2D eigenvalue weighted by Gasteiger charge is -2.31. The zero-order valence-electron chi connectivity index (χ0n) is 10.6. The van der Waals surface area contributed by atoms with Gasteiger partial charge < -0.3 is 10.2 Å². The van der Waals surface area contributed by atoms with Crippen molar-refractivity contribution in [3.8, 4) is 0 Å². The molecule has 1 N–H and O–H groups in total. The van der Waals surface area contributed by atoms with Crippen molar-refractivity contribution in [2.24, 2.45) is 5.92 Å². The van der Waals surface area contributed by atoms with Crippen molar-refractivity contribution in [1.29, 1.82) is 0 Å². The first-order chi connectivity index (χ1) is 7.72. The highest BCUT2D eigenvalue weighted by atomic mass is 16.2. The predicted octanol–water partition coefficient (Wildman–Crippen LogP) is 1.78. The molecule has 0 aliphatic carbocycles. The van der Waals surface area contributed by atoms with E-state index in [1.165, 1.54) is 12.8 Å². The quantitative estimate of drug-likeness (QED) is 0.792. The van der Waals surface area contributed by atoms with Crippen LogP contribution >= 0.6 is 0 Å². The molecule has 0 spiro atoms. The van der Waals surface area contributed by atoms with E-state index in [4.69, 9.17) is 0 Å². The number of hydrogen-bond acceptors (Lipinski definition) is 2. The average Bonchev–Trinajstić information content (AvgIpc) is 2.98. The molecule has 2 heterocycles.